The number of pyridine rings is 1. The smallest absolute Gasteiger partial charge is 0.267 e. The van der Waals surface area contributed by atoms with E-state index < -0.39 is 0 Å². The Morgan fingerprint density at radius 3 is 2.70 bits per heavy atom. The van der Waals surface area contributed by atoms with Crippen molar-refractivity contribution in [1.82, 2.24) is 4.98 Å². The van der Waals surface area contributed by atoms with Crippen molar-refractivity contribution in [3.05, 3.63) is 47.2 Å². The minimum atomic E-state index is -0.309. The van der Waals surface area contributed by atoms with Crippen LogP contribution in [0.2, 0.25) is 0 Å². The minimum Gasteiger partial charge on any atom is -0.269 e. The summed E-state index contributed by atoms with van der Waals surface area (Å²) in [4.78, 5) is 30.1. The molecule has 1 aliphatic rings. The normalized spacial score (nSPS) is 15.8. The van der Waals surface area contributed by atoms with Crippen LogP contribution in [0.4, 0.5) is 5.82 Å². The van der Waals surface area contributed by atoms with E-state index in [9.17, 15) is 9.59 Å². The molecule has 104 valence electrons. The molecule has 1 aliphatic heterocycles. The predicted octanol–water partition coefficient (Wildman–Crippen LogP) is 3.13. The summed E-state index contributed by atoms with van der Waals surface area (Å²) in [5, 5.41) is 0.575. The molecule has 0 N–H and O–H groups in total. The highest BCUT2D eigenvalue weighted by molar-refractivity contribution is 9.08. The third-order valence-electron chi connectivity index (χ3n) is 3.04. The lowest BCUT2D eigenvalue weighted by Gasteiger charge is -2.14. The second kappa shape index (κ2) is 6.13. The molecule has 0 radical (unpaired) electrons. The van der Waals surface area contributed by atoms with Gasteiger partial charge in [0.05, 0.1) is 5.69 Å². The van der Waals surface area contributed by atoms with Gasteiger partial charge in [0.1, 0.15) is 5.82 Å². The zero-order valence-electron chi connectivity index (χ0n) is 11.4. The zero-order valence-corrected chi connectivity index (χ0v) is 13.0. The lowest BCUT2D eigenvalue weighted by atomic mass is 10.1. The highest BCUT2D eigenvalue weighted by Crippen LogP contribution is 2.26. The molecule has 0 aliphatic carbocycles. The second-order valence-corrected chi connectivity index (χ2v) is 4.98. The van der Waals surface area contributed by atoms with E-state index in [1.165, 1.54) is 0 Å². The highest BCUT2D eigenvalue weighted by atomic mass is 79.9. The summed E-state index contributed by atoms with van der Waals surface area (Å²) in [6, 6.07) is 5.29. The number of anilines is 1. The summed E-state index contributed by atoms with van der Waals surface area (Å²) < 4.78 is 0. The Balaban J connectivity index is 2.39. The van der Waals surface area contributed by atoms with Gasteiger partial charge >= 0.3 is 0 Å². The van der Waals surface area contributed by atoms with E-state index in [0.717, 1.165) is 17.0 Å². The van der Waals surface area contributed by atoms with Crippen molar-refractivity contribution in [2.45, 2.75) is 25.6 Å². The fourth-order valence-electron chi connectivity index (χ4n) is 1.96. The van der Waals surface area contributed by atoms with Crippen molar-refractivity contribution in [3.63, 3.8) is 0 Å². The molecular formula is C15H15BrN2O2. The van der Waals surface area contributed by atoms with E-state index in [2.05, 4.69) is 20.9 Å². The molecule has 1 aromatic rings. The van der Waals surface area contributed by atoms with Crippen molar-refractivity contribution in [1.29, 1.82) is 0 Å². The first kappa shape index (κ1) is 14.7. The maximum absolute atomic E-state index is 12.4. The summed E-state index contributed by atoms with van der Waals surface area (Å²) in [7, 11) is 0. The highest BCUT2D eigenvalue weighted by Gasteiger charge is 2.36. The molecule has 0 bridgehead atoms. The van der Waals surface area contributed by atoms with Crippen LogP contribution in [0.3, 0.4) is 0 Å². The van der Waals surface area contributed by atoms with Gasteiger partial charge < -0.3 is 0 Å². The molecule has 0 saturated carbocycles. The van der Waals surface area contributed by atoms with Gasteiger partial charge in [0, 0.05) is 16.5 Å². The Morgan fingerprint density at radius 2 is 2.05 bits per heavy atom. The van der Waals surface area contributed by atoms with Crippen molar-refractivity contribution < 1.29 is 9.59 Å². The van der Waals surface area contributed by atoms with Crippen LogP contribution in [0.25, 0.3) is 0 Å². The fourth-order valence-corrected chi connectivity index (χ4v) is 2.27. The molecule has 0 saturated heterocycles. The van der Waals surface area contributed by atoms with Crippen LogP contribution in [0.5, 0.6) is 0 Å². The Hall–Kier alpha value is -1.75. The number of amides is 2. The number of rotatable bonds is 4. The monoisotopic (exact) mass is 334 g/mol. The summed E-state index contributed by atoms with van der Waals surface area (Å²) in [6.07, 6.45) is 4.40. The van der Waals surface area contributed by atoms with Gasteiger partial charge in [-0.1, -0.05) is 41.1 Å². The molecule has 0 spiro atoms. The summed E-state index contributed by atoms with van der Waals surface area (Å²) in [5.74, 6) is -0.238. The van der Waals surface area contributed by atoms with Crippen LogP contribution in [-0.4, -0.2) is 16.8 Å². The van der Waals surface area contributed by atoms with Gasteiger partial charge in [-0.3, -0.25) is 9.59 Å². The maximum atomic E-state index is 12.4. The van der Waals surface area contributed by atoms with Crippen molar-refractivity contribution >= 4 is 33.6 Å². The topological polar surface area (TPSA) is 50.3 Å². The molecule has 0 aromatic carbocycles. The van der Waals surface area contributed by atoms with E-state index in [1.807, 2.05) is 19.1 Å². The van der Waals surface area contributed by atoms with Gasteiger partial charge in [-0.25, -0.2) is 9.88 Å². The molecule has 2 rings (SSSR count). The largest absolute Gasteiger partial charge is 0.269 e. The molecule has 2 heterocycles. The molecule has 5 heteroatoms. The lowest BCUT2D eigenvalue weighted by molar-refractivity contribution is -0.120. The number of carbonyl (C=O) groups is 2. The van der Waals surface area contributed by atoms with Gasteiger partial charge in [-0.05, 0) is 25.5 Å². The molecule has 20 heavy (non-hydrogen) atoms. The van der Waals surface area contributed by atoms with Gasteiger partial charge in [0.2, 0.25) is 0 Å². The van der Waals surface area contributed by atoms with E-state index in [4.69, 9.17) is 0 Å². The van der Waals surface area contributed by atoms with E-state index in [0.29, 0.717) is 22.3 Å². The van der Waals surface area contributed by atoms with E-state index in [-0.39, 0.29) is 11.8 Å². The predicted molar refractivity (Wildman–Crippen MR) is 81.5 cm³/mol. The van der Waals surface area contributed by atoms with Gasteiger partial charge in [0.15, 0.2) is 0 Å². The third kappa shape index (κ3) is 2.58. The van der Waals surface area contributed by atoms with E-state index in [1.54, 1.807) is 25.1 Å². The first-order valence-corrected chi connectivity index (χ1v) is 7.50. The molecule has 0 atom stereocenters. The zero-order chi connectivity index (χ0) is 14.7. The fraction of sp³-hybridized carbons (Fsp3) is 0.267. The van der Waals surface area contributed by atoms with Crippen LogP contribution in [0.1, 0.15) is 26.0 Å². The Bertz CT molecular complexity index is 620. The van der Waals surface area contributed by atoms with Crippen molar-refractivity contribution in [2.24, 2.45) is 0 Å². The van der Waals surface area contributed by atoms with Crippen LogP contribution in [0.15, 0.2) is 41.5 Å². The molecular weight excluding hydrogens is 320 g/mol. The molecule has 0 fully saturated rings. The number of nitrogens with zero attached hydrogens (tertiary/aromatic N) is 2. The number of imide groups is 1. The quantitative estimate of drug-likeness (QED) is 0.627. The second-order valence-electron chi connectivity index (χ2n) is 4.42. The summed E-state index contributed by atoms with van der Waals surface area (Å²) in [6.45, 7) is 3.65. The summed E-state index contributed by atoms with van der Waals surface area (Å²) >= 11 is 3.32. The Morgan fingerprint density at radius 1 is 1.30 bits per heavy atom. The van der Waals surface area contributed by atoms with Crippen LogP contribution in [0, 0.1) is 0 Å². The average Bonchev–Trinajstić information content (AvgIpc) is 2.67. The van der Waals surface area contributed by atoms with Crippen molar-refractivity contribution in [2.75, 3.05) is 4.90 Å². The standard InChI is InChI=1S/C15H15BrN2O2/c1-3-4-7-12-10(2)14(19)18(15(12)20)13-8-5-6-11(9-16)17-13/h4-8H,3,9H2,1-2H3/b7-4-. The number of carbonyl (C=O) groups excluding carboxylic acids is 2. The molecule has 0 unspecified atom stereocenters. The minimum absolute atomic E-state index is 0.301. The number of hydrogen-bond donors (Lipinski definition) is 0. The van der Waals surface area contributed by atoms with Gasteiger partial charge in [-0.2, -0.15) is 0 Å². The van der Waals surface area contributed by atoms with Gasteiger partial charge in [-0.15, -0.1) is 0 Å². The number of halogens is 1. The molecule has 2 amide bonds. The third-order valence-corrected chi connectivity index (χ3v) is 3.61. The SMILES string of the molecule is CC/C=C\C1=C(C)C(=O)N(c2cccc(CBr)n2)C1=O. The van der Waals surface area contributed by atoms with Crippen molar-refractivity contribution in [3.8, 4) is 0 Å². The average molecular weight is 335 g/mol. The number of aromatic nitrogens is 1. The Kier molecular flexibility index (Phi) is 4.49. The summed E-state index contributed by atoms with van der Waals surface area (Å²) in [5.41, 5.74) is 1.69. The molecule has 4 nitrogen and oxygen atoms in total. The van der Waals surface area contributed by atoms with Crippen LogP contribution < -0.4 is 4.90 Å². The molecule has 1 aromatic heterocycles. The number of hydrogen-bond acceptors (Lipinski definition) is 3. The van der Waals surface area contributed by atoms with Crippen LogP contribution in [-0.2, 0) is 14.9 Å². The number of allylic oxidation sites excluding steroid dienone is 1. The first-order valence-electron chi connectivity index (χ1n) is 6.38. The number of alkyl halides is 1. The van der Waals surface area contributed by atoms with Crippen LogP contribution >= 0.6 is 15.9 Å². The first-order chi connectivity index (χ1) is 9.60. The lowest BCUT2D eigenvalue weighted by Crippen LogP contribution is -2.32. The van der Waals surface area contributed by atoms with E-state index >= 15 is 0 Å². The van der Waals surface area contributed by atoms with Gasteiger partial charge in [0.25, 0.3) is 11.8 Å². The Labute approximate surface area is 126 Å². The maximum Gasteiger partial charge on any atom is 0.267 e.